The minimum absolute atomic E-state index is 0.0890. The molecule has 36 nitrogen and oxygen atoms in total. The quantitative estimate of drug-likeness (QED) is 0.00732. The number of carbonyl (C=O) groups excluding carboxylic acids is 6. The summed E-state index contributed by atoms with van der Waals surface area (Å²) in [5.74, 6) is 0.399. The Morgan fingerprint density at radius 1 is 0.359 bits per heavy atom. The van der Waals surface area contributed by atoms with Crippen LogP contribution in [-0.2, 0) is 110 Å². The van der Waals surface area contributed by atoms with E-state index in [1.54, 1.807) is 30.3 Å². The number of hydrogen-bond donors (Lipinski definition) is 11. The maximum atomic E-state index is 11.7. The summed E-state index contributed by atoms with van der Waals surface area (Å²) in [5.41, 5.74) is 30.0. The van der Waals surface area contributed by atoms with Gasteiger partial charge in [-0.2, -0.15) is 0 Å². The second kappa shape index (κ2) is 43.6. The van der Waals surface area contributed by atoms with Crippen molar-refractivity contribution >= 4 is 134 Å². The zero-order valence-electron chi connectivity index (χ0n) is 72.9. The molecule has 0 bridgehead atoms. The Morgan fingerprint density at radius 3 is 1.07 bits per heavy atom. The van der Waals surface area contributed by atoms with Crippen LogP contribution in [0.3, 0.4) is 0 Å². The number of nitrogens with zero attached hydrogens (tertiary/aromatic N) is 12. The van der Waals surface area contributed by atoms with E-state index in [1.165, 1.54) is 75.4 Å². The standard InChI is InChI=1S/2C31H36N5O8P.C31H35N5O5/c1-2-3-10-25-34-28-29(36(25)19-21-8-4-9-24(30(21)39)44-45(40,41)42)22-12-11-20(18-23(22)33-31(28)32)7-5-16-43-17-6-15-35-26(37)13-14-27(35)38;1-2-3-10-25-34-28-29(36(25)19-21-8-4-9-24(37)30(21)44-45(40,41)42)22-12-11-20(18-23(22)33-31(28)32)7-5-16-43-17-6-15-35-26(38)13-14-27(35)39;1-2-3-7-26-34-29-30(36(26)19-21-18-22(37)9-11-25(21)38)23-10-8-20(17-24(23)33-31(29)32)6-4-15-41-16-5-14-35-27(39)12-13-28(35)40/h4,8-9,11-14,18,39H,2-3,5-7,10,15-17,19H2,1H3,(H2,32,33)(H2,40,41,42);4,8-9,11-14,18,37H,2-3,5-7,10,15-17,19H2,1H3,(H2,32,33)(H2,40,41,42);8-13,17-18,37-38H,2-7,14-16,19H2,1H3,(H2,32,33). The van der Waals surface area contributed by atoms with E-state index in [0.717, 1.165) is 156 Å². The number of carbonyl (C=O) groups is 6. The SMILES string of the molecule is CCCCc1nc2c(N)nc3cc(CCCOCCCN4C(=O)C=CC4=O)ccc3c2n1Cc1cc(O)ccc1O.CCCCc1nc2c(N)nc3cc(CCCOCCCN4C(=O)C=CC4=O)ccc3c2n1Cc1cccc(O)c1OP(=O)(O)O.CCCCc1nc2c(N)nc3cc(CCCOCCCN4C(=O)C=CC4=O)ccc3c2n1Cc1cccc(OP(=O)(O)O)c1O. The Labute approximate surface area is 753 Å². The summed E-state index contributed by atoms with van der Waals surface area (Å²) >= 11 is 0. The molecule has 131 heavy (non-hydrogen) atoms. The van der Waals surface area contributed by atoms with E-state index in [9.17, 15) is 77.9 Å². The molecule has 15 rings (SSSR count). The van der Waals surface area contributed by atoms with Gasteiger partial charge in [-0.1, -0.05) is 101 Å². The number of benzene rings is 6. The summed E-state index contributed by atoms with van der Waals surface area (Å²) in [6.45, 7) is 10.9. The molecule has 0 fully saturated rings. The summed E-state index contributed by atoms with van der Waals surface area (Å²) in [4.78, 5) is 139. The van der Waals surface area contributed by atoms with Crippen LogP contribution in [0, 0.1) is 0 Å². The van der Waals surface area contributed by atoms with Crippen molar-refractivity contribution in [3.05, 3.63) is 197 Å². The second-order valence-electron chi connectivity index (χ2n) is 32.0. The Kier molecular flexibility index (Phi) is 31.8. The summed E-state index contributed by atoms with van der Waals surface area (Å²) in [6.07, 6.45) is 21.6. The van der Waals surface area contributed by atoms with Crippen LogP contribution >= 0.6 is 15.6 Å². The number of amides is 6. The number of nitrogen functional groups attached to an aromatic ring is 3. The van der Waals surface area contributed by atoms with Gasteiger partial charge in [0.15, 0.2) is 40.5 Å². The van der Waals surface area contributed by atoms with Crippen LogP contribution in [0.4, 0.5) is 17.5 Å². The van der Waals surface area contributed by atoms with Crippen LogP contribution in [0.1, 0.15) is 149 Å². The van der Waals surface area contributed by atoms with Gasteiger partial charge in [0.1, 0.15) is 45.5 Å². The van der Waals surface area contributed by atoms with Crippen molar-refractivity contribution < 1.29 is 101 Å². The van der Waals surface area contributed by atoms with E-state index in [-0.39, 0.29) is 94.7 Å². The van der Waals surface area contributed by atoms with Gasteiger partial charge in [-0.3, -0.25) is 63.0 Å². The number of hydrogen-bond acceptors (Lipinski definition) is 26. The molecule has 9 heterocycles. The highest BCUT2D eigenvalue weighted by molar-refractivity contribution is 7.47. The molecular formula is C93H107N15O21P2. The largest absolute Gasteiger partial charge is 0.524 e. The third-order valence-electron chi connectivity index (χ3n) is 22.4. The number of fused-ring (bicyclic) bond motifs is 9. The number of phenols is 4. The molecule has 0 unspecified atom stereocenters. The first-order valence-corrected chi connectivity index (χ1v) is 46.7. The van der Waals surface area contributed by atoms with E-state index < -0.39 is 15.6 Å². The number of para-hydroxylation sites is 2. The minimum Gasteiger partial charge on any atom is -0.508 e. The first-order chi connectivity index (χ1) is 63.0. The molecule has 38 heteroatoms. The monoisotopic (exact) mass is 1830 g/mol. The highest BCUT2D eigenvalue weighted by Gasteiger charge is 2.30. The Morgan fingerprint density at radius 2 is 0.702 bits per heavy atom. The third-order valence-corrected chi connectivity index (χ3v) is 23.3. The smallest absolute Gasteiger partial charge is 0.508 e. The Bertz CT molecular complexity index is 6420. The maximum absolute atomic E-state index is 11.7. The Hall–Kier alpha value is -13.0. The molecule has 0 radical (unpaired) electrons. The van der Waals surface area contributed by atoms with Gasteiger partial charge in [0, 0.05) is 148 Å². The average Bonchev–Trinajstić information content (AvgIpc) is 1.68. The highest BCUT2D eigenvalue weighted by Crippen LogP contribution is 2.46. The van der Waals surface area contributed by atoms with Crippen LogP contribution in [0.2, 0.25) is 0 Å². The van der Waals surface area contributed by atoms with E-state index in [4.69, 9.17) is 50.9 Å². The normalized spacial score (nSPS) is 13.5. The van der Waals surface area contributed by atoms with Crippen LogP contribution in [0.15, 0.2) is 146 Å². The van der Waals surface area contributed by atoms with Crippen LogP contribution in [-0.4, -0.2) is 193 Å². The number of phosphoric ester groups is 2. The molecule has 6 aromatic carbocycles. The molecule has 0 atom stereocenters. The van der Waals surface area contributed by atoms with Crippen molar-refractivity contribution in [1.82, 2.24) is 58.3 Å². The number of imide groups is 3. The topological polar surface area (TPSA) is 524 Å². The molecule has 0 saturated heterocycles. The first-order valence-electron chi connectivity index (χ1n) is 43.6. The van der Waals surface area contributed by atoms with Crippen molar-refractivity contribution in [1.29, 1.82) is 0 Å². The minimum atomic E-state index is -4.94. The fourth-order valence-electron chi connectivity index (χ4n) is 16.0. The van der Waals surface area contributed by atoms with Crippen molar-refractivity contribution in [3.8, 4) is 34.5 Å². The van der Waals surface area contributed by atoms with Crippen LogP contribution < -0.4 is 26.2 Å². The summed E-state index contributed by atoms with van der Waals surface area (Å²) < 4.78 is 55.8. The van der Waals surface area contributed by atoms with E-state index >= 15 is 0 Å². The number of pyridine rings is 3. The number of ether oxygens (including phenoxy) is 3. The molecule has 690 valence electrons. The molecule has 6 amide bonds. The first kappa shape index (κ1) is 95.6. The summed E-state index contributed by atoms with van der Waals surface area (Å²) in [7, 11) is -9.82. The van der Waals surface area contributed by atoms with Gasteiger partial charge in [-0.25, -0.2) is 39.0 Å². The van der Waals surface area contributed by atoms with Gasteiger partial charge in [-0.15, -0.1) is 0 Å². The zero-order valence-corrected chi connectivity index (χ0v) is 74.7. The number of rotatable bonds is 43. The predicted molar refractivity (Wildman–Crippen MR) is 492 cm³/mol. The van der Waals surface area contributed by atoms with Gasteiger partial charge in [0.05, 0.1) is 52.7 Å². The number of anilines is 3. The summed E-state index contributed by atoms with van der Waals surface area (Å²) in [6, 6.07) is 31.7. The van der Waals surface area contributed by atoms with Gasteiger partial charge in [0.2, 0.25) is 0 Å². The number of nitrogens with two attached hydrogens (primary N) is 3. The second-order valence-corrected chi connectivity index (χ2v) is 34.3. The fourth-order valence-corrected chi connectivity index (χ4v) is 16.8. The van der Waals surface area contributed by atoms with Crippen molar-refractivity contribution in [2.24, 2.45) is 0 Å². The van der Waals surface area contributed by atoms with Crippen molar-refractivity contribution in [2.45, 2.75) is 156 Å². The molecule has 0 aliphatic carbocycles. The summed E-state index contributed by atoms with van der Waals surface area (Å²) in [5, 5.41) is 44.3. The molecule has 3 aliphatic rings. The number of aromatic hydroxyl groups is 4. The van der Waals surface area contributed by atoms with Crippen LogP contribution in [0.5, 0.6) is 34.5 Å². The number of phosphoric acid groups is 2. The number of unbranched alkanes of at least 4 members (excludes halogenated alkanes) is 3. The number of phenolic OH excluding ortho intramolecular Hbond substituents is 4. The molecule has 12 aromatic rings. The molecule has 6 aromatic heterocycles. The number of aromatic nitrogens is 9. The predicted octanol–water partition coefficient (Wildman–Crippen LogP) is 12.2. The maximum Gasteiger partial charge on any atom is 0.524 e. The molecule has 14 N–H and O–H groups in total. The van der Waals surface area contributed by atoms with E-state index in [1.807, 2.05) is 57.7 Å². The lowest BCUT2D eigenvalue weighted by atomic mass is 10.1. The number of imidazole rings is 3. The lowest BCUT2D eigenvalue weighted by molar-refractivity contribution is -0.138. The average molecular weight is 1830 g/mol. The molecule has 3 aliphatic heterocycles. The lowest BCUT2D eigenvalue weighted by Gasteiger charge is -2.16. The van der Waals surface area contributed by atoms with Crippen molar-refractivity contribution in [3.63, 3.8) is 0 Å². The molecule has 0 spiro atoms. The molecular weight excluding hydrogens is 1730 g/mol. The zero-order chi connectivity index (χ0) is 93.2. The van der Waals surface area contributed by atoms with Gasteiger partial charge in [-0.05, 0) is 142 Å². The van der Waals surface area contributed by atoms with Crippen LogP contribution in [0.25, 0.3) is 65.8 Å². The van der Waals surface area contributed by atoms with Gasteiger partial charge < -0.3 is 74.6 Å². The Balaban J connectivity index is 0.000000167. The third kappa shape index (κ3) is 24.0. The van der Waals surface area contributed by atoms with Gasteiger partial charge >= 0.3 is 15.6 Å². The highest BCUT2D eigenvalue weighted by atomic mass is 31.2. The fraction of sp³-hybridized carbons (Fsp3) is 0.355. The van der Waals surface area contributed by atoms with Gasteiger partial charge in [0.25, 0.3) is 35.4 Å². The van der Waals surface area contributed by atoms with E-state index in [0.29, 0.717) is 148 Å². The molecule has 0 saturated carbocycles. The van der Waals surface area contributed by atoms with Crippen molar-refractivity contribution in [2.75, 3.05) is 76.5 Å². The van der Waals surface area contributed by atoms with E-state index in [2.05, 4.69) is 50.9 Å². The lowest BCUT2D eigenvalue weighted by Crippen LogP contribution is -2.31. The number of aryl methyl sites for hydroxylation is 6.